The van der Waals surface area contributed by atoms with Crippen molar-refractivity contribution < 1.29 is 9.78 Å². The van der Waals surface area contributed by atoms with E-state index in [0.29, 0.717) is 6.10 Å². The summed E-state index contributed by atoms with van der Waals surface area (Å²) in [5, 5.41) is 0. The van der Waals surface area contributed by atoms with Crippen LogP contribution in [0.2, 0.25) is 0 Å². The first-order chi connectivity index (χ1) is 5.45. The highest BCUT2D eigenvalue weighted by molar-refractivity contribution is 4.70. The van der Waals surface area contributed by atoms with E-state index in [1.807, 2.05) is 0 Å². The van der Waals surface area contributed by atoms with Crippen LogP contribution in [0.15, 0.2) is 0 Å². The van der Waals surface area contributed by atoms with E-state index in [-0.39, 0.29) is 0 Å². The molecule has 2 fully saturated rings. The molecule has 1 saturated carbocycles. The molecule has 1 saturated heterocycles. The lowest BCUT2D eigenvalue weighted by Crippen LogP contribution is -2.16. The molecule has 2 rings (SSSR count). The van der Waals surface area contributed by atoms with Gasteiger partial charge >= 0.3 is 0 Å². The summed E-state index contributed by atoms with van der Waals surface area (Å²) in [5.74, 6) is 0.920. The molecule has 2 unspecified atom stereocenters. The summed E-state index contributed by atoms with van der Waals surface area (Å²) in [6.07, 6.45) is 8.10. The summed E-state index contributed by atoms with van der Waals surface area (Å²) < 4.78 is 0. The van der Waals surface area contributed by atoms with Crippen molar-refractivity contribution in [1.82, 2.24) is 0 Å². The maximum atomic E-state index is 5.25. The highest BCUT2D eigenvalue weighted by Crippen LogP contribution is 2.29. The molecule has 2 heteroatoms. The first-order valence-corrected chi connectivity index (χ1v) is 4.73. The van der Waals surface area contributed by atoms with E-state index in [1.165, 1.54) is 38.5 Å². The average molecular weight is 156 g/mol. The molecule has 2 bridgehead atoms. The number of hydrogen-bond acceptors (Lipinski definition) is 2. The van der Waals surface area contributed by atoms with Gasteiger partial charge in [-0.2, -0.15) is 0 Å². The van der Waals surface area contributed by atoms with Gasteiger partial charge in [-0.25, -0.2) is 9.78 Å². The van der Waals surface area contributed by atoms with Crippen LogP contribution in [-0.4, -0.2) is 12.7 Å². The molecule has 0 radical (unpaired) electrons. The second-order valence-electron chi connectivity index (χ2n) is 3.70. The average Bonchev–Trinajstić information content (AvgIpc) is 2.11. The van der Waals surface area contributed by atoms with Gasteiger partial charge in [0.05, 0.1) is 12.7 Å². The molecule has 0 amide bonds. The standard InChI is InChI=1S/C9H16O2/c1-2-8-4-5-9(3-1)11-10-7-6-8/h8-9H,1-7H2. The van der Waals surface area contributed by atoms with Crippen molar-refractivity contribution in [3.05, 3.63) is 0 Å². The highest BCUT2D eigenvalue weighted by Gasteiger charge is 2.22. The summed E-state index contributed by atoms with van der Waals surface area (Å²) in [7, 11) is 0. The predicted octanol–water partition coefficient (Wildman–Crippen LogP) is 2.29. The minimum atomic E-state index is 0.403. The zero-order chi connectivity index (χ0) is 7.52. The smallest absolute Gasteiger partial charge is 0.0930 e. The Morgan fingerprint density at radius 2 is 1.91 bits per heavy atom. The summed E-state index contributed by atoms with van der Waals surface area (Å²) in [6, 6.07) is 0. The minimum Gasteiger partial charge on any atom is -0.236 e. The number of fused-ring (bicyclic) bond motifs is 3. The van der Waals surface area contributed by atoms with Crippen molar-refractivity contribution in [2.75, 3.05) is 6.61 Å². The lowest BCUT2D eigenvalue weighted by molar-refractivity contribution is -0.330. The Balaban J connectivity index is 1.97. The fourth-order valence-corrected chi connectivity index (χ4v) is 2.09. The molecule has 64 valence electrons. The molecule has 0 aromatic rings. The van der Waals surface area contributed by atoms with Crippen molar-refractivity contribution in [3.8, 4) is 0 Å². The fourth-order valence-electron chi connectivity index (χ4n) is 2.09. The summed E-state index contributed by atoms with van der Waals surface area (Å²) in [5.41, 5.74) is 0. The van der Waals surface area contributed by atoms with Crippen molar-refractivity contribution in [3.63, 3.8) is 0 Å². The van der Waals surface area contributed by atoms with E-state index in [2.05, 4.69) is 0 Å². The minimum absolute atomic E-state index is 0.403. The van der Waals surface area contributed by atoms with Crippen LogP contribution in [0.3, 0.4) is 0 Å². The number of hydrogen-bond donors (Lipinski definition) is 0. The topological polar surface area (TPSA) is 18.5 Å². The third-order valence-electron chi connectivity index (χ3n) is 2.85. The summed E-state index contributed by atoms with van der Waals surface area (Å²) in [4.78, 5) is 10.3. The van der Waals surface area contributed by atoms with Gasteiger partial charge in [0.15, 0.2) is 0 Å². The fraction of sp³-hybridized carbons (Fsp3) is 1.00. The van der Waals surface area contributed by atoms with Crippen LogP contribution in [-0.2, 0) is 9.78 Å². The van der Waals surface area contributed by atoms with E-state index in [1.54, 1.807) is 0 Å². The van der Waals surface area contributed by atoms with Crippen molar-refractivity contribution in [2.45, 2.75) is 44.6 Å². The SMILES string of the molecule is C1CC2CCOOC(C1)CC2. The predicted molar refractivity (Wildman–Crippen MR) is 42.0 cm³/mol. The maximum Gasteiger partial charge on any atom is 0.0930 e. The number of rotatable bonds is 0. The Morgan fingerprint density at radius 3 is 2.91 bits per heavy atom. The Labute approximate surface area is 67.8 Å². The second-order valence-corrected chi connectivity index (χ2v) is 3.70. The molecule has 2 aliphatic rings. The first kappa shape index (κ1) is 7.56. The van der Waals surface area contributed by atoms with Crippen molar-refractivity contribution in [2.24, 2.45) is 5.92 Å². The lowest BCUT2D eigenvalue weighted by Gasteiger charge is -2.19. The van der Waals surface area contributed by atoms with Crippen LogP contribution in [0.1, 0.15) is 38.5 Å². The van der Waals surface area contributed by atoms with Crippen LogP contribution in [0.5, 0.6) is 0 Å². The molecule has 0 aromatic carbocycles. The first-order valence-electron chi connectivity index (χ1n) is 4.73. The lowest BCUT2D eigenvalue weighted by atomic mass is 9.97. The molecule has 1 heterocycles. The molecule has 0 N–H and O–H groups in total. The molecule has 1 aliphatic heterocycles. The van der Waals surface area contributed by atoms with Crippen LogP contribution < -0.4 is 0 Å². The second kappa shape index (κ2) is 3.55. The molecule has 2 nitrogen and oxygen atoms in total. The molecule has 1 aliphatic carbocycles. The Morgan fingerprint density at radius 1 is 0.909 bits per heavy atom. The van der Waals surface area contributed by atoms with E-state index in [0.717, 1.165) is 12.5 Å². The Bertz CT molecular complexity index is 107. The molecule has 0 aromatic heterocycles. The maximum absolute atomic E-state index is 5.25. The van der Waals surface area contributed by atoms with Gasteiger partial charge in [0.25, 0.3) is 0 Å². The summed E-state index contributed by atoms with van der Waals surface area (Å²) >= 11 is 0. The normalized spacial score (nSPS) is 39.3. The van der Waals surface area contributed by atoms with Gasteiger partial charge in [-0.3, -0.25) is 0 Å². The zero-order valence-electron chi connectivity index (χ0n) is 6.92. The third kappa shape index (κ3) is 1.94. The van der Waals surface area contributed by atoms with Gasteiger partial charge in [0.1, 0.15) is 0 Å². The molecule has 2 atom stereocenters. The van der Waals surface area contributed by atoms with E-state index in [4.69, 9.17) is 9.78 Å². The van der Waals surface area contributed by atoms with Crippen LogP contribution in [0.4, 0.5) is 0 Å². The molecular formula is C9H16O2. The molecular weight excluding hydrogens is 140 g/mol. The van der Waals surface area contributed by atoms with E-state index < -0.39 is 0 Å². The molecule has 0 spiro atoms. The Hall–Kier alpha value is -0.0800. The van der Waals surface area contributed by atoms with Crippen molar-refractivity contribution >= 4 is 0 Å². The van der Waals surface area contributed by atoms with Crippen LogP contribution in [0, 0.1) is 5.92 Å². The summed E-state index contributed by atoms with van der Waals surface area (Å²) in [6.45, 7) is 0.807. The van der Waals surface area contributed by atoms with Gasteiger partial charge in [-0.05, 0) is 31.6 Å². The quantitative estimate of drug-likeness (QED) is 0.501. The van der Waals surface area contributed by atoms with Gasteiger partial charge in [0.2, 0.25) is 0 Å². The van der Waals surface area contributed by atoms with Crippen molar-refractivity contribution in [1.29, 1.82) is 0 Å². The van der Waals surface area contributed by atoms with E-state index >= 15 is 0 Å². The van der Waals surface area contributed by atoms with Gasteiger partial charge < -0.3 is 0 Å². The van der Waals surface area contributed by atoms with Crippen LogP contribution >= 0.6 is 0 Å². The Kier molecular flexibility index (Phi) is 2.44. The highest BCUT2D eigenvalue weighted by atomic mass is 17.2. The largest absolute Gasteiger partial charge is 0.236 e. The van der Waals surface area contributed by atoms with Crippen LogP contribution in [0.25, 0.3) is 0 Å². The monoisotopic (exact) mass is 156 g/mol. The van der Waals surface area contributed by atoms with E-state index in [9.17, 15) is 0 Å². The van der Waals surface area contributed by atoms with Gasteiger partial charge in [-0.15, -0.1) is 0 Å². The van der Waals surface area contributed by atoms with Gasteiger partial charge in [0, 0.05) is 0 Å². The third-order valence-corrected chi connectivity index (χ3v) is 2.85. The molecule has 11 heavy (non-hydrogen) atoms. The van der Waals surface area contributed by atoms with Gasteiger partial charge in [-0.1, -0.05) is 12.8 Å². The zero-order valence-corrected chi connectivity index (χ0v) is 6.92.